The fraction of sp³-hybridized carbons (Fsp3) is 0.158. The number of fused-ring (bicyclic) bond motifs is 1. The Morgan fingerprint density at radius 2 is 1.81 bits per heavy atom. The van der Waals surface area contributed by atoms with E-state index in [1.54, 1.807) is 0 Å². The number of carbonyl (C=O) groups is 1. The highest BCUT2D eigenvalue weighted by atomic mass is 16.1. The van der Waals surface area contributed by atoms with Gasteiger partial charge in [0.15, 0.2) is 5.78 Å². The number of nitrogens with zero attached hydrogens (tertiary/aromatic N) is 1. The molecule has 0 radical (unpaired) electrons. The molecule has 0 fully saturated rings. The van der Waals surface area contributed by atoms with Gasteiger partial charge in [-0.05, 0) is 37.1 Å². The number of hydrogen-bond donors (Lipinski definition) is 0. The van der Waals surface area contributed by atoms with E-state index in [-0.39, 0.29) is 5.78 Å². The first kappa shape index (κ1) is 13.5. The maximum atomic E-state index is 12.5. The lowest BCUT2D eigenvalue weighted by molar-refractivity contribution is 0.0988. The molecule has 21 heavy (non-hydrogen) atoms. The van der Waals surface area contributed by atoms with E-state index < -0.39 is 0 Å². The Kier molecular flexibility index (Phi) is 3.53. The molecule has 0 aliphatic heterocycles. The third-order valence-corrected chi connectivity index (χ3v) is 3.74. The molecular weight excluding hydrogens is 258 g/mol. The van der Waals surface area contributed by atoms with Gasteiger partial charge in [-0.25, -0.2) is 4.98 Å². The monoisotopic (exact) mass is 275 g/mol. The number of hydrogen-bond acceptors (Lipinski definition) is 2. The summed E-state index contributed by atoms with van der Waals surface area (Å²) < 4.78 is 0. The van der Waals surface area contributed by atoms with Crippen LogP contribution in [0.4, 0.5) is 0 Å². The minimum atomic E-state index is 0.0643. The molecule has 3 aromatic rings. The molecule has 0 saturated carbocycles. The van der Waals surface area contributed by atoms with Crippen LogP contribution in [0, 0.1) is 13.8 Å². The first-order valence-electron chi connectivity index (χ1n) is 7.08. The molecule has 2 aromatic carbocycles. The summed E-state index contributed by atoms with van der Waals surface area (Å²) in [4.78, 5) is 16.9. The first-order chi connectivity index (χ1) is 10.1. The number of benzene rings is 2. The summed E-state index contributed by atoms with van der Waals surface area (Å²) >= 11 is 0. The van der Waals surface area contributed by atoms with Crippen molar-refractivity contribution < 1.29 is 4.79 Å². The van der Waals surface area contributed by atoms with Gasteiger partial charge < -0.3 is 0 Å². The predicted octanol–water partition coefficient (Wildman–Crippen LogP) is 4.28. The second kappa shape index (κ2) is 5.49. The van der Waals surface area contributed by atoms with Crippen LogP contribution in [0.2, 0.25) is 0 Å². The van der Waals surface area contributed by atoms with Crippen molar-refractivity contribution in [2.75, 3.05) is 0 Å². The number of aryl methyl sites for hydroxylation is 2. The minimum Gasteiger partial charge on any atom is -0.292 e. The van der Waals surface area contributed by atoms with Crippen LogP contribution in [0.3, 0.4) is 0 Å². The third kappa shape index (κ3) is 2.84. The van der Waals surface area contributed by atoms with Gasteiger partial charge in [0.05, 0.1) is 5.52 Å². The van der Waals surface area contributed by atoms with E-state index in [4.69, 9.17) is 0 Å². The van der Waals surface area contributed by atoms with Crippen molar-refractivity contribution in [3.63, 3.8) is 0 Å². The zero-order valence-electron chi connectivity index (χ0n) is 12.3. The second-order valence-corrected chi connectivity index (χ2v) is 5.42. The van der Waals surface area contributed by atoms with Crippen molar-refractivity contribution in [2.24, 2.45) is 0 Å². The lowest BCUT2D eigenvalue weighted by atomic mass is 9.99. The number of ketones is 1. The molecule has 1 heterocycles. The van der Waals surface area contributed by atoms with Crippen LogP contribution in [-0.4, -0.2) is 10.8 Å². The molecule has 0 amide bonds. The van der Waals surface area contributed by atoms with Crippen molar-refractivity contribution in [2.45, 2.75) is 20.3 Å². The third-order valence-electron chi connectivity index (χ3n) is 3.74. The molecule has 0 spiro atoms. The molecule has 0 aliphatic carbocycles. The van der Waals surface area contributed by atoms with Crippen LogP contribution < -0.4 is 0 Å². The Morgan fingerprint density at radius 3 is 2.67 bits per heavy atom. The molecule has 1 aromatic heterocycles. The highest BCUT2D eigenvalue weighted by Crippen LogP contribution is 2.16. The predicted molar refractivity (Wildman–Crippen MR) is 85.7 cm³/mol. The van der Waals surface area contributed by atoms with Crippen molar-refractivity contribution in [1.82, 2.24) is 4.98 Å². The number of carbonyl (C=O) groups excluding carboxylic acids is 1. The van der Waals surface area contributed by atoms with Crippen LogP contribution in [0.1, 0.15) is 27.2 Å². The van der Waals surface area contributed by atoms with Gasteiger partial charge in [-0.3, -0.25) is 4.79 Å². The van der Waals surface area contributed by atoms with Crippen LogP contribution in [-0.2, 0) is 6.42 Å². The molecule has 104 valence electrons. The first-order valence-corrected chi connectivity index (χ1v) is 7.08. The number of aromatic nitrogens is 1. The van der Waals surface area contributed by atoms with Gasteiger partial charge in [0, 0.05) is 11.8 Å². The largest absolute Gasteiger partial charge is 0.292 e. The van der Waals surface area contributed by atoms with Gasteiger partial charge in [0.25, 0.3) is 0 Å². The van der Waals surface area contributed by atoms with Gasteiger partial charge in [-0.1, -0.05) is 48.0 Å². The molecule has 0 aliphatic rings. The van der Waals surface area contributed by atoms with Gasteiger partial charge in [-0.15, -0.1) is 0 Å². The maximum absolute atomic E-state index is 12.5. The maximum Gasteiger partial charge on any atom is 0.185 e. The summed E-state index contributed by atoms with van der Waals surface area (Å²) in [5.74, 6) is 0.0643. The van der Waals surface area contributed by atoms with Gasteiger partial charge in [-0.2, -0.15) is 0 Å². The van der Waals surface area contributed by atoms with Crippen LogP contribution >= 0.6 is 0 Å². The SMILES string of the molecule is Cc1ccc(C)c(CC(=O)c2ccc3ccccc3n2)c1. The average molecular weight is 275 g/mol. The molecule has 0 N–H and O–H groups in total. The van der Waals surface area contributed by atoms with E-state index in [0.29, 0.717) is 12.1 Å². The second-order valence-electron chi connectivity index (χ2n) is 5.42. The summed E-state index contributed by atoms with van der Waals surface area (Å²) in [7, 11) is 0. The normalized spacial score (nSPS) is 10.8. The van der Waals surface area contributed by atoms with Crippen LogP contribution in [0.5, 0.6) is 0 Å². The summed E-state index contributed by atoms with van der Waals surface area (Å²) in [6, 6.07) is 17.8. The topological polar surface area (TPSA) is 30.0 Å². The highest BCUT2D eigenvalue weighted by molar-refractivity contribution is 5.97. The summed E-state index contributed by atoms with van der Waals surface area (Å²) in [5, 5.41) is 1.06. The van der Waals surface area contributed by atoms with Crippen molar-refractivity contribution in [3.05, 3.63) is 77.0 Å². The zero-order valence-corrected chi connectivity index (χ0v) is 12.3. The zero-order chi connectivity index (χ0) is 14.8. The van der Waals surface area contributed by atoms with E-state index in [1.165, 1.54) is 5.56 Å². The number of pyridine rings is 1. The molecule has 0 atom stereocenters. The number of para-hydroxylation sites is 1. The van der Waals surface area contributed by atoms with Crippen molar-refractivity contribution in [3.8, 4) is 0 Å². The Hall–Kier alpha value is -2.48. The molecular formula is C19H17NO. The van der Waals surface area contributed by atoms with Gasteiger partial charge in [0.1, 0.15) is 5.69 Å². The van der Waals surface area contributed by atoms with Gasteiger partial charge >= 0.3 is 0 Å². The Balaban J connectivity index is 1.91. The lowest BCUT2D eigenvalue weighted by Crippen LogP contribution is -2.07. The van der Waals surface area contributed by atoms with E-state index >= 15 is 0 Å². The smallest absolute Gasteiger partial charge is 0.185 e. The summed E-state index contributed by atoms with van der Waals surface area (Å²) in [6.45, 7) is 4.08. The van der Waals surface area contributed by atoms with E-state index in [2.05, 4.69) is 23.2 Å². The van der Waals surface area contributed by atoms with Crippen molar-refractivity contribution >= 4 is 16.7 Å². The number of rotatable bonds is 3. The minimum absolute atomic E-state index is 0.0643. The molecule has 3 rings (SSSR count). The highest BCUT2D eigenvalue weighted by Gasteiger charge is 2.11. The Morgan fingerprint density at radius 1 is 1.00 bits per heavy atom. The molecule has 2 nitrogen and oxygen atoms in total. The van der Waals surface area contributed by atoms with Crippen molar-refractivity contribution in [1.29, 1.82) is 0 Å². The standard InChI is InChI=1S/C19H17NO/c1-13-7-8-14(2)16(11-13)12-19(21)18-10-9-15-5-3-4-6-17(15)20-18/h3-11H,12H2,1-2H3. The molecule has 0 unspecified atom stereocenters. The van der Waals surface area contributed by atoms with E-state index in [0.717, 1.165) is 22.0 Å². The Bertz CT molecular complexity index is 821. The van der Waals surface area contributed by atoms with Crippen LogP contribution in [0.25, 0.3) is 10.9 Å². The summed E-state index contributed by atoms with van der Waals surface area (Å²) in [6.07, 6.45) is 0.402. The quantitative estimate of drug-likeness (QED) is 0.668. The van der Waals surface area contributed by atoms with E-state index in [9.17, 15) is 4.79 Å². The van der Waals surface area contributed by atoms with E-state index in [1.807, 2.05) is 50.2 Å². The average Bonchev–Trinajstić information content (AvgIpc) is 2.50. The molecule has 2 heteroatoms. The fourth-order valence-electron chi connectivity index (χ4n) is 2.48. The summed E-state index contributed by atoms with van der Waals surface area (Å²) in [5.41, 5.74) is 4.80. The van der Waals surface area contributed by atoms with Gasteiger partial charge in [0.2, 0.25) is 0 Å². The fourth-order valence-corrected chi connectivity index (χ4v) is 2.48. The number of Topliss-reactive ketones (excluding diaryl/α,β-unsaturated/α-hetero) is 1. The lowest BCUT2D eigenvalue weighted by Gasteiger charge is -2.07. The molecule has 0 saturated heterocycles. The van der Waals surface area contributed by atoms with Crippen LogP contribution in [0.15, 0.2) is 54.6 Å². The Labute approximate surface area is 124 Å². The molecule has 0 bridgehead atoms.